The van der Waals surface area contributed by atoms with E-state index in [-0.39, 0.29) is 15.6 Å². The molecule has 3 N–H and O–H groups in total. The molecule has 3 nitrogen and oxygen atoms in total. The second-order valence-electron chi connectivity index (χ2n) is 3.70. The van der Waals surface area contributed by atoms with Crippen LogP contribution in [0.1, 0.15) is 18.1 Å². The minimum Gasteiger partial charge on any atom is -0.390 e. The minimum atomic E-state index is -1.26. The van der Waals surface area contributed by atoms with Crippen LogP contribution >= 0.6 is 23.2 Å². The predicted molar refractivity (Wildman–Crippen MR) is 65.9 cm³/mol. The molecule has 6 heteroatoms. The van der Waals surface area contributed by atoms with E-state index in [1.165, 1.54) is 6.07 Å². The number of nitrogens with one attached hydrogen (secondary N) is 1. The van der Waals surface area contributed by atoms with Gasteiger partial charge in [-0.1, -0.05) is 23.2 Å². The fraction of sp³-hybridized carbons (Fsp3) is 0.455. The molecular formula is C11H14Cl2FNO2. The number of aliphatic hydroxyl groups is 2. The molecule has 0 radical (unpaired) electrons. The summed E-state index contributed by atoms with van der Waals surface area (Å²) in [7, 11) is 1.73. The highest BCUT2D eigenvalue weighted by Crippen LogP contribution is 2.31. The average molecular weight is 282 g/mol. The van der Waals surface area contributed by atoms with Gasteiger partial charge in [0.15, 0.2) is 0 Å². The molecular weight excluding hydrogens is 268 g/mol. The lowest BCUT2D eigenvalue weighted by Crippen LogP contribution is -2.23. The summed E-state index contributed by atoms with van der Waals surface area (Å²) < 4.78 is 13.3. The Bertz CT molecular complexity index is 390. The lowest BCUT2D eigenvalue weighted by atomic mass is 10.0. The van der Waals surface area contributed by atoms with Crippen LogP contribution in [0.3, 0.4) is 0 Å². The molecule has 0 heterocycles. The first kappa shape index (κ1) is 14.7. The van der Waals surface area contributed by atoms with E-state index >= 15 is 0 Å². The van der Waals surface area contributed by atoms with Crippen molar-refractivity contribution in [3.8, 4) is 0 Å². The molecule has 0 spiro atoms. The third kappa shape index (κ3) is 3.79. The molecule has 0 bridgehead atoms. The second-order valence-corrected chi connectivity index (χ2v) is 4.51. The summed E-state index contributed by atoms with van der Waals surface area (Å²) in [5.41, 5.74) is 0.0975. The van der Waals surface area contributed by atoms with Crippen LogP contribution < -0.4 is 5.32 Å². The third-order valence-electron chi connectivity index (χ3n) is 2.39. The van der Waals surface area contributed by atoms with Crippen molar-refractivity contribution < 1.29 is 14.6 Å². The highest BCUT2D eigenvalue weighted by molar-refractivity contribution is 6.33. The summed E-state index contributed by atoms with van der Waals surface area (Å²) >= 11 is 11.4. The van der Waals surface area contributed by atoms with Crippen LogP contribution in [0.4, 0.5) is 4.39 Å². The van der Waals surface area contributed by atoms with Crippen LogP contribution in [-0.4, -0.2) is 29.9 Å². The monoisotopic (exact) mass is 281 g/mol. The minimum absolute atomic E-state index is 0.0975. The van der Waals surface area contributed by atoms with Gasteiger partial charge in [0.25, 0.3) is 0 Å². The van der Waals surface area contributed by atoms with Gasteiger partial charge in [0.2, 0.25) is 0 Å². The van der Waals surface area contributed by atoms with Gasteiger partial charge in [-0.2, -0.15) is 0 Å². The van der Waals surface area contributed by atoms with Gasteiger partial charge >= 0.3 is 0 Å². The smallest absolute Gasteiger partial charge is 0.143 e. The molecule has 0 aromatic heterocycles. The van der Waals surface area contributed by atoms with Gasteiger partial charge in [0, 0.05) is 10.6 Å². The largest absolute Gasteiger partial charge is 0.390 e. The Morgan fingerprint density at radius 1 is 1.35 bits per heavy atom. The van der Waals surface area contributed by atoms with Gasteiger partial charge < -0.3 is 15.5 Å². The van der Waals surface area contributed by atoms with E-state index in [0.717, 1.165) is 6.07 Å². The highest BCUT2D eigenvalue weighted by Gasteiger charge is 2.22. The van der Waals surface area contributed by atoms with Crippen molar-refractivity contribution in [2.45, 2.75) is 18.6 Å². The predicted octanol–water partition coefficient (Wildman–Crippen LogP) is 2.14. The quantitative estimate of drug-likeness (QED) is 0.725. The lowest BCUT2D eigenvalue weighted by molar-refractivity contribution is 0.0139. The highest BCUT2D eigenvalue weighted by atomic mass is 35.5. The number of rotatable bonds is 5. The van der Waals surface area contributed by atoms with Crippen LogP contribution in [0, 0.1) is 5.82 Å². The molecule has 1 aromatic rings. The lowest BCUT2D eigenvalue weighted by Gasteiger charge is -2.19. The molecule has 2 unspecified atom stereocenters. The van der Waals surface area contributed by atoms with E-state index in [2.05, 4.69) is 5.32 Å². The van der Waals surface area contributed by atoms with E-state index in [4.69, 9.17) is 23.2 Å². The summed E-state index contributed by atoms with van der Waals surface area (Å²) in [5.74, 6) is -0.714. The molecule has 1 aromatic carbocycles. The summed E-state index contributed by atoms with van der Waals surface area (Å²) in [5, 5.41) is 22.3. The average Bonchev–Trinajstić information content (AvgIpc) is 2.29. The van der Waals surface area contributed by atoms with Crippen molar-refractivity contribution in [2.75, 3.05) is 13.6 Å². The molecule has 0 aliphatic rings. The Morgan fingerprint density at radius 3 is 2.59 bits per heavy atom. The number of hydrogen-bond acceptors (Lipinski definition) is 3. The van der Waals surface area contributed by atoms with Crippen molar-refractivity contribution in [1.82, 2.24) is 5.32 Å². The van der Waals surface area contributed by atoms with Gasteiger partial charge in [-0.25, -0.2) is 4.39 Å². The van der Waals surface area contributed by atoms with Crippen LogP contribution in [-0.2, 0) is 0 Å². The van der Waals surface area contributed by atoms with Gasteiger partial charge in [0.05, 0.1) is 11.1 Å². The van der Waals surface area contributed by atoms with E-state index in [1.807, 2.05) is 0 Å². The van der Waals surface area contributed by atoms with Crippen LogP contribution in [0.15, 0.2) is 12.1 Å². The van der Waals surface area contributed by atoms with Gasteiger partial charge in [-0.3, -0.25) is 0 Å². The van der Waals surface area contributed by atoms with E-state index < -0.39 is 18.0 Å². The zero-order valence-corrected chi connectivity index (χ0v) is 10.8. The van der Waals surface area contributed by atoms with Gasteiger partial charge in [-0.05, 0) is 32.1 Å². The van der Waals surface area contributed by atoms with Crippen LogP contribution in [0.5, 0.6) is 0 Å². The number of benzene rings is 1. The maximum Gasteiger partial charge on any atom is 0.143 e. The standard InChI is InChI=1S/C11H14Cl2FNO2/c1-15-3-2-9(16)11(17)7-4-6(12)5-8(14)10(7)13/h4-5,9,11,15-17H,2-3H2,1H3. The van der Waals surface area contributed by atoms with Gasteiger partial charge in [-0.15, -0.1) is 0 Å². The zero-order chi connectivity index (χ0) is 13.0. The molecule has 0 aliphatic heterocycles. The van der Waals surface area contributed by atoms with Crippen LogP contribution in [0.2, 0.25) is 10.0 Å². The van der Waals surface area contributed by atoms with Crippen molar-refractivity contribution in [2.24, 2.45) is 0 Å². The van der Waals surface area contributed by atoms with Crippen molar-refractivity contribution in [3.05, 3.63) is 33.6 Å². The third-order valence-corrected chi connectivity index (χ3v) is 3.01. The van der Waals surface area contributed by atoms with Crippen molar-refractivity contribution >= 4 is 23.2 Å². The molecule has 0 fully saturated rings. The fourth-order valence-electron chi connectivity index (χ4n) is 1.45. The molecule has 1 rings (SSSR count). The number of aliphatic hydroxyl groups excluding tert-OH is 2. The van der Waals surface area contributed by atoms with E-state index in [9.17, 15) is 14.6 Å². The molecule has 0 amide bonds. The summed E-state index contributed by atoms with van der Waals surface area (Å²) in [4.78, 5) is 0. The summed E-state index contributed by atoms with van der Waals surface area (Å²) in [6, 6.07) is 2.40. The molecule has 0 saturated heterocycles. The van der Waals surface area contributed by atoms with E-state index in [0.29, 0.717) is 13.0 Å². The Labute approximate surface area is 109 Å². The number of halogens is 3. The Kier molecular flexibility index (Phi) is 5.62. The first-order valence-electron chi connectivity index (χ1n) is 5.12. The Morgan fingerprint density at radius 2 is 2.00 bits per heavy atom. The van der Waals surface area contributed by atoms with Gasteiger partial charge in [0.1, 0.15) is 11.9 Å². The van der Waals surface area contributed by atoms with Crippen molar-refractivity contribution in [1.29, 1.82) is 0 Å². The second kappa shape index (κ2) is 6.52. The molecule has 17 heavy (non-hydrogen) atoms. The maximum atomic E-state index is 13.3. The Hall–Kier alpha value is -0.390. The molecule has 2 atom stereocenters. The molecule has 0 aliphatic carbocycles. The molecule has 0 saturated carbocycles. The maximum absolute atomic E-state index is 13.3. The first-order chi connectivity index (χ1) is 7.97. The zero-order valence-electron chi connectivity index (χ0n) is 9.25. The summed E-state index contributed by atoms with van der Waals surface area (Å²) in [6.07, 6.45) is -1.97. The summed E-state index contributed by atoms with van der Waals surface area (Å²) in [6.45, 7) is 0.527. The normalized spacial score (nSPS) is 14.7. The molecule has 96 valence electrons. The SMILES string of the molecule is CNCCC(O)C(O)c1cc(Cl)cc(F)c1Cl. The van der Waals surface area contributed by atoms with Crippen LogP contribution in [0.25, 0.3) is 0 Å². The first-order valence-corrected chi connectivity index (χ1v) is 5.88. The Balaban J connectivity index is 2.91. The fourth-order valence-corrected chi connectivity index (χ4v) is 1.88. The number of hydrogen-bond donors (Lipinski definition) is 3. The van der Waals surface area contributed by atoms with Crippen molar-refractivity contribution in [3.63, 3.8) is 0 Å². The topological polar surface area (TPSA) is 52.5 Å². The van der Waals surface area contributed by atoms with E-state index in [1.54, 1.807) is 7.05 Å².